The Bertz CT molecular complexity index is 465. The summed E-state index contributed by atoms with van der Waals surface area (Å²) >= 11 is 3.12. The van der Waals surface area contributed by atoms with Crippen LogP contribution in [0.5, 0.6) is 0 Å². The van der Waals surface area contributed by atoms with Crippen LogP contribution >= 0.6 is 15.9 Å². The van der Waals surface area contributed by atoms with Crippen molar-refractivity contribution < 1.29 is 9.18 Å². The summed E-state index contributed by atoms with van der Waals surface area (Å²) in [6.45, 7) is 4.54. The molecule has 5 heteroatoms. The van der Waals surface area contributed by atoms with Crippen LogP contribution in [0, 0.1) is 18.7 Å². The zero-order valence-electron chi connectivity index (χ0n) is 12.0. The van der Waals surface area contributed by atoms with Crippen molar-refractivity contribution in [3.63, 3.8) is 0 Å². The van der Waals surface area contributed by atoms with Gasteiger partial charge in [-0.25, -0.2) is 4.39 Å². The first-order valence-electron chi connectivity index (χ1n) is 6.93. The number of anilines is 1. The summed E-state index contributed by atoms with van der Waals surface area (Å²) in [4.78, 5) is 11.9. The number of carbonyl (C=O) groups is 1. The van der Waals surface area contributed by atoms with Gasteiger partial charge in [0.2, 0.25) is 5.91 Å². The monoisotopic (exact) mass is 344 g/mol. The number of nitrogens with two attached hydrogens (primary N) is 1. The maximum atomic E-state index is 13.3. The molecule has 1 rings (SSSR count). The van der Waals surface area contributed by atoms with Crippen molar-refractivity contribution in [2.75, 3.05) is 11.9 Å². The Kier molecular flexibility index (Phi) is 7.16. The smallest absolute Gasteiger partial charge is 0.224 e. The van der Waals surface area contributed by atoms with Gasteiger partial charge in [-0.15, -0.1) is 0 Å². The van der Waals surface area contributed by atoms with Crippen LogP contribution in [0.1, 0.15) is 38.2 Å². The van der Waals surface area contributed by atoms with Gasteiger partial charge in [-0.2, -0.15) is 0 Å². The van der Waals surface area contributed by atoms with Crippen LogP contribution in [0.15, 0.2) is 16.6 Å². The number of halogens is 2. The number of benzene rings is 1. The molecule has 3 N–H and O–H groups in total. The third-order valence-corrected chi connectivity index (χ3v) is 4.08. The fourth-order valence-corrected chi connectivity index (χ4v) is 2.46. The number of rotatable bonds is 7. The van der Waals surface area contributed by atoms with Gasteiger partial charge in [-0.3, -0.25) is 4.79 Å². The lowest BCUT2D eigenvalue weighted by Crippen LogP contribution is -2.15. The molecule has 112 valence electrons. The summed E-state index contributed by atoms with van der Waals surface area (Å²) in [5.74, 6) is 0.128. The van der Waals surface area contributed by atoms with Crippen LogP contribution in [-0.2, 0) is 4.79 Å². The molecule has 0 saturated heterocycles. The first-order chi connectivity index (χ1) is 9.47. The lowest BCUT2D eigenvalue weighted by molar-refractivity contribution is -0.116. The van der Waals surface area contributed by atoms with E-state index in [-0.39, 0.29) is 11.7 Å². The molecule has 0 heterocycles. The molecule has 20 heavy (non-hydrogen) atoms. The van der Waals surface area contributed by atoms with Gasteiger partial charge in [0, 0.05) is 12.1 Å². The Morgan fingerprint density at radius 3 is 2.75 bits per heavy atom. The van der Waals surface area contributed by atoms with Gasteiger partial charge < -0.3 is 11.1 Å². The zero-order chi connectivity index (χ0) is 15.1. The molecule has 0 aliphatic heterocycles. The summed E-state index contributed by atoms with van der Waals surface area (Å²) < 4.78 is 13.7. The van der Waals surface area contributed by atoms with E-state index >= 15 is 0 Å². The van der Waals surface area contributed by atoms with Crippen LogP contribution in [0.2, 0.25) is 0 Å². The summed E-state index contributed by atoms with van der Waals surface area (Å²) in [5, 5.41) is 2.83. The first-order valence-corrected chi connectivity index (χ1v) is 7.72. The van der Waals surface area contributed by atoms with E-state index in [1.807, 2.05) is 0 Å². The fraction of sp³-hybridized carbons (Fsp3) is 0.533. The van der Waals surface area contributed by atoms with E-state index in [0.29, 0.717) is 34.6 Å². The molecule has 0 bridgehead atoms. The average Bonchev–Trinajstić information content (AvgIpc) is 2.40. The summed E-state index contributed by atoms with van der Waals surface area (Å²) in [5.41, 5.74) is 6.91. The minimum atomic E-state index is -0.325. The Morgan fingerprint density at radius 1 is 1.45 bits per heavy atom. The quantitative estimate of drug-likeness (QED) is 0.785. The van der Waals surface area contributed by atoms with Gasteiger partial charge in [0.05, 0.1) is 4.47 Å². The van der Waals surface area contributed by atoms with Crippen molar-refractivity contribution in [1.82, 2.24) is 0 Å². The fourth-order valence-electron chi connectivity index (χ4n) is 2.12. The normalized spacial score (nSPS) is 12.2. The van der Waals surface area contributed by atoms with Crippen LogP contribution in [0.25, 0.3) is 0 Å². The molecule has 1 unspecified atom stereocenters. The van der Waals surface area contributed by atoms with Crippen molar-refractivity contribution in [2.24, 2.45) is 11.7 Å². The minimum absolute atomic E-state index is 0.0397. The summed E-state index contributed by atoms with van der Waals surface area (Å²) in [6, 6.07) is 3.00. The highest BCUT2D eigenvalue weighted by Crippen LogP contribution is 2.24. The highest BCUT2D eigenvalue weighted by molar-refractivity contribution is 9.10. The van der Waals surface area contributed by atoms with Gasteiger partial charge >= 0.3 is 0 Å². The maximum absolute atomic E-state index is 13.3. The SMILES string of the molecule is CCC(CCN)CCC(=O)Nc1cc(Br)c(F)cc1C. The summed E-state index contributed by atoms with van der Waals surface area (Å²) in [6.07, 6.45) is 3.28. The van der Waals surface area contributed by atoms with E-state index in [1.54, 1.807) is 13.0 Å². The van der Waals surface area contributed by atoms with Crippen LogP contribution in [0.3, 0.4) is 0 Å². The van der Waals surface area contributed by atoms with E-state index in [1.165, 1.54) is 6.07 Å². The molecule has 0 aromatic heterocycles. The topological polar surface area (TPSA) is 55.1 Å². The van der Waals surface area contributed by atoms with Gasteiger partial charge in [0.25, 0.3) is 0 Å². The molecule has 0 radical (unpaired) electrons. The highest BCUT2D eigenvalue weighted by Gasteiger charge is 2.11. The minimum Gasteiger partial charge on any atom is -0.330 e. The lowest BCUT2D eigenvalue weighted by atomic mass is 9.96. The molecular formula is C15H22BrFN2O. The maximum Gasteiger partial charge on any atom is 0.224 e. The number of nitrogens with one attached hydrogen (secondary N) is 1. The van der Waals surface area contributed by atoms with E-state index in [4.69, 9.17) is 5.73 Å². The molecule has 0 aliphatic rings. The van der Waals surface area contributed by atoms with Gasteiger partial charge in [0.1, 0.15) is 5.82 Å². The number of aryl methyl sites for hydroxylation is 1. The Labute approximate surface area is 128 Å². The largest absolute Gasteiger partial charge is 0.330 e. The van der Waals surface area contributed by atoms with E-state index in [9.17, 15) is 9.18 Å². The Morgan fingerprint density at radius 2 is 2.15 bits per heavy atom. The molecule has 0 saturated carbocycles. The van der Waals surface area contributed by atoms with E-state index in [0.717, 1.165) is 19.3 Å². The van der Waals surface area contributed by atoms with Crippen molar-refractivity contribution in [3.8, 4) is 0 Å². The van der Waals surface area contributed by atoms with Crippen LogP contribution in [0.4, 0.5) is 10.1 Å². The predicted octanol–water partition coefficient (Wildman–Crippen LogP) is 3.99. The molecule has 1 amide bonds. The first kappa shape index (κ1) is 17.1. The van der Waals surface area contributed by atoms with Gasteiger partial charge in [0.15, 0.2) is 0 Å². The molecule has 1 aromatic carbocycles. The molecule has 1 aromatic rings. The van der Waals surface area contributed by atoms with E-state index < -0.39 is 0 Å². The molecule has 0 fully saturated rings. The lowest BCUT2D eigenvalue weighted by Gasteiger charge is -2.14. The third kappa shape index (κ3) is 5.21. The Hall–Kier alpha value is -0.940. The van der Waals surface area contributed by atoms with E-state index in [2.05, 4.69) is 28.2 Å². The zero-order valence-corrected chi connectivity index (χ0v) is 13.6. The van der Waals surface area contributed by atoms with Gasteiger partial charge in [-0.1, -0.05) is 13.3 Å². The second kappa shape index (κ2) is 8.37. The van der Waals surface area contributed by atoms with Crippen LogP contribution in [-0.4, -0.2) is 12.5 Å². The number of hydrogen-bond donors (Lipinski definition) is 2. The Balaban J connectivity index is 2.56. The average molecular weight is 345 g/mol. The third-order valence-electron chi connectivity index (χ3n) is 3.47. The second-order valence-corrected chi connectivity index (χ2v) is 5.87. The van der Waals surface area contributed by atoms with Crippen molar-refractivity contribution in [2.45, 2.75) is 39.5 Å². The van der Waals surface area contributed by atoms with Gasteiger partial charge in [-0.05, 0) is 65.9 Å². The molecular weight excluding hydrogens is 323 g/mol. The standard InChI is InChI=1S/C15H22BrFN2O/c1-3-11(6-7-18)4-5-15(20)19-14-9-12(16)13(17)8-10(14)2/h8-9,11H,3-7,18H2,1-2H3,(H,19,20). The molecule has 1 atom stereocenters. The highest BCUT2D eigenvalue weighted by atomic mass is 79.9. The van der Waals surface area contributed by atoms with Crippen LogP contribution < -0.4 is 11.1 Å². The predicted molar refractivity (Wildman–Crippen MR) is 84.2 cm³/mol. The number of hydrogen-bond acceptors (Lipinski definition) is 2. The molecule has 0 aliphatic carbocycles. The molecule has 3 nitrogen and oxygen atoms in total. The van der Waals surface area contributed by atoms with Crippen molar-refractivity contribution in [3.05, 3.63) is 28.0 Å². The second-order valence-electron chi connectivity index (χ2n) is 5.02. The summed E-state index contributed by atoms with van der Waals surface area (Å²) in [7, 11) is 0. The number of amides is 1. The number of carbonyl (C=O) groups excluding carboxylic acids is 1. The molecule has 0 spiro atoms. The van der Waals surface area contributed by atoms with Crippen molar-refractivity contribution in [1.29, 1.82) is 0 Å². The van der Waals surface area contributed by atoms with Crippen molar-refractivity contribution >= 4 is 27.5 Å².